The van der Waals surface area contributed by atoms with E-state index in [1.54, 1.807) is 25.1 Å². The number of pyridine rings is 1. The first-order chi connectivity index (χ1) is 9.52. The molecule has 0 spiro atoms. The van der Waals surface area contributed by atoms with Crippen molar-refractivity contribution in [3.63, 3.8) is 0 Å². The van der Waals surface area contributed by atoms with E-state index in [0.717, 1.165) is 0 Å². The Bertz CT molecular complexity index is 656. The highest BCUT2D eigenvalue weighted by atomic mass is 16.5. The third-order valence-corrected chi connectivity index (χ3v) is 2.72. The number of nitrogen functional groups attached to an aromatic ring is 1. The van der Waals surface area contributed by atoms with Gasteiger partial charge in [0.1, 0.15) is 11.4 Å². The summed E-state index contributed by atoms with van der Waals surface area (Å²) in [5.41, 5.74) is 6.66. The lowest BCUT2D eigenvalue weighted by Crippen LogP contribution is -2.05. The van der Waals surface area contributed by atoms with Gasteiger partial charge in [0.15, 0.2) is 5.75 Å². The molecule has 0 fully saturated rings. The predicted molar refractivity (Wildman–Crippen MR) is 72.9 cm³/mol. The molecule has 0 atom stereocenters. The van der Waals surface area contributed by atoms with Gasteiger partial charge >= 0.3 is 5.97 Å². The number of methoxy groups -OCH3 is 1. The number of anilines is 1. The number of carbonyl (C=O) groups is 1. The number of ether oxygens (including phenoxy) is 2. The van der Waals surface area contributed by atoms with E-state index in [1.807, 2.05) is 0 Å². The van der Waals surface area contributed by atoms with Crippen molar-refractivity contribution in [1.82, 2.24) is 4.98 Å². The van der Waals surface area contributed by atoms with Crippen molar-refractivity contribution >= 4 is 11.7 Å². The first kappa shape index (κ1) is 13.7. The molecule has 2 rings (SSSR count). The van der Waals surface area contributed by atoms with Gasteiger partial charge in [-0.15, -0.1) is 0 Å². The molecule has 0 saturated carbocycles. The first-order valence-corrected chi connectivity index (χ1v) is 5.84. The van der Waals surface area contributed by atoms with E-state index in [-0.39, 0.29) is 17.3 Å². The average molecular weight is 274 g/mol. The highest BCUT2D eigenvalue weighted by molar-refractivity contribution is 5.90. The fourth-order valence-electron chi connectivity index (χ4n) is 1.65. The van der Waals surface area contributed by atoms with Crippen molar-refractivity contribution in [2.24, 2.45) is 0 Å². The van der Waals surface area contributed by atoms with Crippen LogP contribution >= 0.6 is 0 Å². The number of phenolic OH excluding ortho intramolecular Hbond substituents is 1. The topological polar surface area (TPSA) is 94.7 Å². The molecule has 0 unspecified atom stereocenters. The predicted octanol–water partition coefficient (Wildman–Crippen LogP) is 2.26. The molecule has 3 N–H and O–H groups in total. The first-order valence-electron chi connectivity index (χ1n) is 5.84. The summed E-state index contributed by atoms with van der Waals surface area (Å²) in [7, 11) is 1.31. The number of para-hydroxylation sites is 1. The van der Waals surface area contributed by atoms with Gasteiger partial charge in [0.2, 0.25) is 5.88 Å². The lowest BCUT2D eigenvalue weighted by atomic mass is 10.2. The lowest BCUT2D eigenvalue weighted by molar-refractivity contribution is 0.0599. The quantitative estimate of drug-likeness (QED) is 0.506. The number of aryl methyl sites for hydroxylation is 1. The molecule has 0 bridgehead atoms. The number of carbonyl (C=O) groups excluding carboxylic acids is 1. The average Bonchev–Trinajstić information content (AvgIpc) is 2.43. The molecule has 0 aliphatic heterocycles. The van der Waals surface area contributed by atoms with Gasteiger partial charge in [-0.3, -0.25) is 0 Å². The van der Waals surface area contributed by atoms with Crippen molar-refractivity contribution in [1.29, 1.82) is 0 Å². The smallest absolute Gasteiger partial charge is 0.339 e. The van der Waals surface area contributed by atoms with Crippen molar-refractivity contribution in [3.05, 3.63) is 41.6 Å². The Hall–Kier alpha value is -2.76. The van der Waals surface area contributed by atoms with Crippen LogP contribution in [0.25, 0.3) is 0 Å². The van der Waals surface area contributed by atoms with Crippen LogP contribution in [0.4, 0.5) is 5.69 Å². The number of esters is 1. The monoisotopic (exact) mass is 274 g/mol. The largest absolute Gasteiger partial charge is 0.506 e. The maximum atomic E-state index is 11.4. The number of hydrogen-bond donors (Lipinski definition) is 2. The third-order valence-electron chi connectivity index (χ3n) is 2.72. The molecule has 0 saturated heterocycles. The maximum absolute atomic E-state index is 11.4. The maximum Gasteiger partial charge on any atom is 0.339 e. The molecule has 0 amide bonds. The third kappa shape index (κ3) is 2.64. The zero-order chi connectivity index (χ0) is 14.7. The van der Waals surface area contributed by atoms with Crippen LogP contribution in [0.3, 0.4) is 0 Å². The molecule has 1 aromatic heterocycles. The number of nitrogens with zero attached hydrogens (tertiary/aromatic N) is 1. The van der Waals surface area contributed by atoms with Crippen LogP contribution in [0, 0.1) is 6.92 Å². The van der Waals surface area contributed by atoms with E-state index in [1.165, 1.54) is 19.2 Å². The summed E-state index contributed by atoms with van der Waals surface area (Å²) in [6.45, 7) is 1.67. The minimum Gasteiger partial charge on any atom is -0.506 e. The minimum atomic E-state index is -0.460. The Kier molecular flexibility index (Phi) is 3.74. The summed E-state index contributed by atoms with van der Waals surface area (Å²) in [5.74, 6) is 0.0407. The summed E-state index contributed by atoms with van der Waals surface area (Å²) in [6, 6.07) is 7.77. The number of nitrogens with two attached hydrogens (primary N) is 1. The van der Waals surface area contributed by atoms with Crippen LogP contribution in [0.15, 0.2) is 30.3 Å². The van der Waals surface area contributed by atoms with E-state index in [4.69, 9.17) is 10.5 Å². The van der Waals surface area contributed by atoms with Gasteiger partial charge in [0.05, 0.1) is 18.4 Å². The number of benzene rings is 1. The number of hydrogen-bond acceptors (Lipinski definition) is 6. The fourth-order valence-corrected chi connectivity index (χ4v) is 1.65. The standard InChI is InChI=1S/C14H14N2O4/c1-8-9(14(18)19-2)6-7-12(16-8)20-11-5-3-4-10(17)13(11)15/h3-7,17H,15H2,1-2H3. The molecule has 20 heavy (non-hydrogen) atoms. The lowest BCUT2D eigenvalue weighted by Gasteiger charge is -2.10. The zero-order valence-electron chi connectivity index (χ0n) is 11.1. The number of aromatic nitrogens is 1. The number of aromatic hydroxyl groups is 1. The van der Waals surface area contributed by atoms with Gasteiger partial charge in [0.25, 0.3) is 0 Å². The van der Waals surface area contributed by atoms with E-state index in [9.17, 15) is 9.90 Å². The Morgan fingerprint density at radius 3 is 2.70 bits per heavy atom. The van der Waals surface area contributed by atoms with Crippen LogP contribution < -0.4 is 10.5 Å². The summed E-state index contributed by atoms with van der Waals surface area (Å²) >= 11 is 0. The van der Waals surface area contributed by atoms with Crippen LogP contribution in [-0.2, 0) is 4.74 Å². The fraction of sp³-hybridized carbons (Fsp3) is 0.143. The molecule has 1 heterocycles. The molecule has 6 nitrogen and oxygen atoms in total. The van der Waals surface area contributed by atoms with Gasteiger partial charge < -0.3 is 20.3 Å². The summed E-state index contributed by atoms with van der Waals surface area (Å²) in [6.07, 6.45) is 0. The van der Waals surface area contributed by atoms with Gasteiger partial charge in [-0.2, -0.15) is 0 Å². The molecule has 0 aliphatic rings. The van der Waals surface area contributed by atoms with Crippen molar-refractivity contribution in [2.75, 3.05) is 12.8 Å². The molecule has 104 valence electrons. The van der Waals surface area contributed by atoms with Crippen LogP contribution in [-0.4, -0.2) is 23.2 Å². The van der Waals surface area contributed by atoms with Crippen molar-refractivity contribution < 1.29 is 19.4 Å². The SMILES string of the molecule is COC(=O)c1ccc(Oc2cccc(O)c2N)nc1C. The summed E-state index contributed by atoms with van der Waals surface area (Å²) in [5, 5.41) is 9.49. The van der Waals surface area contributed by atoms with E-state index >= 15 is 0 Å². The molecular weight excluding hydrogens is 260 g/mol. The van der Waals surface area contributed by atoms with Crippen molar-refractivity contribution in [3.8, 4) is 17.4 Å². The molecule has 1 aromatic carbocycles. The highest BCUT2D eigenvalue weighted by Crippen LogP contribution is 2.33. The molecule has 2 aromatic rings. The highest BCUT2D eigenvalue weighted by Gasteiger charge is 2.12. The normalized spacial score (nSPS) is 10.1. The van der Waals surface area contributed by atoms with E-state index in [0.29, 0.717) is 17.0 Å². The van der Waals surface area contributed by atoms with E-state index < -0.39 is 5.97 Å². The molecule has 0 aliphatic carbocycles. The van der Waals surface area contributed by atoms with Gasteiger partial charge in [-0.05, 0) is 25.1 Å². The van der Waals surface area contributed by atoms with Crippen LogP contribution in [0.2, 0.25) is 0 Å². The van der Waals surface area contributed by atoms with Crippen LogP contribution in [0.5, 0.6) is 17.4 Å². The van der Waals surface area contributed by atoms with Gasteiger partial charge in [0, 0.05) is 6.07 Å². The Morgan fingerprint density at radius 1 is 1.30 bits per heavy atom. The van der Waals surface area contributed by atoms with E-state index in [2.05, 4.69) is 9.72 Å². The Balaban J connectivity index is 2.29. The second-order valence-electron chi connectivity index (χ2n) is 4.07. The van der Waals surface area contributed by atoms with Crippen molar-refractivity contribution in [2.45, 2.75) is 6.92 Å². The second-order valence-corrected chi connectivity index (χ2v) is 4.07. The molecule has 6 heteroatoms. The number of rotatable bonds is 3. The Morgan fingerprint density at radius 2 is 2.05 bits per heavy atom. The molecule has 0 radical (unpaired) electrons. The molecular formula is C14H14N2O4. The Labute approximate surface area is 115 Å². The summed E-state index contributed by atoms with van der Waals surface area (Å²) in [4.78, 5) is 15.6. The van der Waals surface area contributed by atoms with Crippen LogP contribution in [0.1, 0.15) is 16.1 Å². The van der Waals surface area contributed by atoms with Gasteiger partial charge in [-0.1, -0.05) is 6.07 Å². The second kappa shape index (κ2) is 5.48. The van der Waals surface area contributed by atoms with Gasteiger partial charge in [-0.25, -0.2) is 9.78 Å². The summed E-state index contributed by atoms with van der Waals surface area (Å²) < 4.78 is 10.1. The minimum absolute atomic E-state index is 0.0644. The zero-order valence-corrected chi connectivity index (χ0v) is 11.1. The number of phenols is 1.